The van der Waals surface area contributed by atoms with E-state index >= 15 is 0 Å². The Balaban J connectivity index is 3.58. The van der Waals surface area contributed by atoms with Crippen LogP contribution in [0, 0.1) is 0 Å². The first kappa shape index (κ1) is 21.0. The first-order valence-corrected chi connectivity index (χ1v) is 6.56. The molecule has 0 amide bonds. The molecule has 1 atom stereocenters. The van der Waals surface area contributed by atoms with Crippen LogP contribution in [0.15, 0.2) is 12.1 Å². The van der Waals surface area contributed by atoms with E-state index in [4.69, 9.17) is 0 Å². The van der Waals surface area contributed by atoms with Crippen molar-refractivity contribution in [1.29, 1.82) is 0 Å². The van der Waals surface area contributed by atoms with Crippen molar-refractivity contribution in [1.82, 2.24) is 0 Å². The molecule has 1 unspecified atom stereocenters. The highest BCUT2D eigenvalue weighted by Gasteiger charge is 2.41. The van der Waals surface area contributed by atoms with Crippen molar-refractivity contribution >= 4 is 0 Å². The molecule has 144 valence electrons. The van der Waals surface area contributed by atoms with Crippen molar-refractivity contribution in [2.75, 3.05) is 0 Å². The highest BCUT2D eigenvalue weighted by atomic mass is 19.4. The van der Waals surface area contributed by atoms with Gasteiger partial charge in [0.15, 0.2) is 11.5 Å². The summed E-state index contributed by atoms with van der Waals surface area (Å²) in [5.41, 5.74) is -0.157. The number of alkyl halides is 9. The molecule has 1 aromatic rings. The Kier molecular flexibility index (Phi) is 5.96. The topological polar surface area (TPSA) is 27.7 Å². The maximum Gasteiger partial charge on any atom is 0.573 e. The van der Waals surface area contributed by atoms with E-state index in [9.17, 15) is 39.5 Å². The van der Waals surface area contributed by atoms with E-state index in [-0.39, 0.29) is 12.0 Å². The molecule has 12 heteroatoms. The molecule has 1 aromatic carbocycles. The first-order chi connectivity index (χ1) is 11.1. The summed E-state index contributed by atoms with van der Waals surface area (Å²) >= 11 is 0. The number of rotatable bonds is 5. The summed E-state index contributed by atoms with van der Waals surface area (Å²) in [6, 6.07) is 1.04. The molecule has 0 aliphatic rings. The summed E-state index contributed by atoms with van der Waals surface area (Å²) in [6.45, 7) is 3.01. The van der Waals surface area contributed by atoms with E-state index in [0.717, 1.165) is 0 Å². The molecular formula is C13H11F9O3. The summed E-state index contributed by atoms with van der Waals surface area (Å²) < 4.78 is 122. The van der Waals surface area contributed by atoms with Crippen LogP contribution in [0.25, 0.3) is 0 Å². The fourth-order valence-electron chi connectivity index (χ4n) is 1.73. The monoisotopic (exact) mass is 386 g/mol. The molecular weight excluding hydrogens is 375 g/mol. The lowest BCUT2D eigenvalue weighted by molar-refractivity contribution is -0.293. The highest BCUT2D eigenvalue weighted by Crippen LogP contribution is 2.46. The predicted molar refractivity (Wildman–Crippen MR) is 65.2 cm³/mol. The quantitative estimate of drug-likeness (QED) is 0.590. The Labute approximate surface area is 135 Å². The third-order valence-corrected chi connectivity index (χ3v) is 2.89. The normalized spacial score (nSPS) is 14.2. The maximum atomic E-state index is 12.4. The van der Waals surface area contributed by atoms with E-state index in [1.165, 1.54) is 6.92 Å². The van der Waals surface area contributed by atoms with Gasteiger partial charge in [0, 0.05) is 0 Å². The molecule has 0 aliphatic heterocycles. The van der Waals surface area contributed by atoms with Gasteiger partial charge in [-0.2, -0.15) is 0 Å². The average Bonchev–Trinajstić information content (AvgIpc) is 2.36. The molecule has 0 aromatic heterocycles. The SMILES string of the molecule is CCC(C)c1cc(OC(F)(F)F)c(OC(F)(F)F)c(OC(F)(F)F)c1. The van der Waals surface area contributed by atoms with Crippen LogP contribution in [-0.4, -0.2) is 19.1 Å². The molecule has 0 N–H and O–H groups in total. The first-order valence-electron chi connectivity index (χ1n) is 6.56. The van der Waals surface area contributed by atoms with Gasteiger partial charge in [0.05, 0.1) is 0 Å². The highest BCUT2D eigenvalue weighted by molar-refractivity contribution is 5.55. The molecule has 0 radical (unpaired) electrons. The lowest BCUT2D eigenvalue weighted by Gasteiger charge is -2.21. The summed E-state index contributed by atoms with van der Waals surface area (Å²) in [4.78, 5) is 0. The Morgan fingerprint density at radius 2 is 1.12 bits per heavy atom. The Hall–Kier alpha value is -2.01. The Bertz CT molecular complexity index is 553. The van der Waals surface area contributed by atoms with Gasteiger partial charge in [-0.1, -0.05) is 13.8 Å². The minimum Gasteiger partial charge on any atom is -0.402 e. The second-order valence-corrected chi connectivity index (χ2v) is 4.80. The lowest BCUT2D eigenvalue weighted by Crippen LogP contribution is -2.24. The predicted octanol–water partition coefficient (Wildman–Crippen LogP) is 5.90. The zero-order valence-corrected chi connectivity index (χ0v) is 12.6. The van der Waals surface area contributed by atoms with Crippen LogP contribution in [0.5, 0.6) is 17.2 Å². The van der Waals surface area contributed by atoms with Crippen LogP contribution < -0.4 is 14.2 Å². The maximum absolute atomic E-state index is 12.4. The Morgan fingerprint density at radius 1 is 0.760 bits per heavy atom. The Morgan fingerprint density at radius 3 is 1.40 bits per heavy atom. The van der Waals surface area contributed by atoms with E-state index < -0.39 is 42.3 Å². The molecule has 0 saturated heterocycles. The van der Waals surface area contributed by atoms with Crippen LogP contribution in [0.3, 0.4) is 0 Å². The molecule has 0 fully saturated rings. The van der Waals surface area contributed by atoms with Gasteiger partial charge in [0.1, 0.15) is 0 Å². The lowest BCUT2D eigenvalue weighted by atomic mass is 9.98. The molecule has 0 bridgehead atoms. The van der Waals surface area contributed by atoms with E-state index in [0.29, 0.717) is 12.1 Å². The van der Waals surface area contributed by atoms with E-state index in [1.54, 1.807) is 6.92 Å². The van der Waals surface area contributed by atoms with Crippen LogP contribution in [0.4, 0.5) is 39.5 Å². The fraction of sp³-hybridized carbons (Fsp3) is 0.538. The largest absolute Gasteiger partial charge is 0.573 e. The third-order valence-electron chi connectivity index (χ3n) is 2.89. The van der Waals surface area contributed by atoms with Crippen molar-refractivity contribution in [2.45, 2.75) is 45.3 Å². The molecule has 0 saturated carbocycles. The number of ether oxygens (including phenoxy) is 3. The smallest absolute Gasteiger partial charge is 0.402 e. The number of benzene rings is 1. The molecule has 0 aliphatic carbocycles. The number of halogens is 9. The van der Waals surface area contributed by atoms with Gasteiger partial charge in [0.25, 0.3) is 0 Å². The van der Waals surface area contributed by atoms with Crippen molar-refractivity contribution in [3.8, 4) is 17.2 Å². The van der Waals surface area contributed by atoms with E-state index in [2.05, 4.69) is 14.2 Å². The average molecular weight is 386 g/mol. The summed E-state index contributed by atoms with van der Waals surface area (Å²) in [7, 11) is 0. The van der Waals surface area contributed by atoms with Crippen LogP contribution in [-0.2, 0) is 0 Å². The second-order valence-electron chi connectivity index (χ2n) is 4.80. The third kappa shape index (κ3) is 7.18. The molecule has 0 spiro atoms. The van der Waals surface area contributed by atoms with Crippen molar-refractivity contribution in [3.63, 3.8) is 0 Å². The van der Waals surface area contributed by atoms with Crippen molar-refractivity contribution in [3.05, 3.63) is 17.7 Å². The molecule has 3 nitrogen and oxygen atoms in total. The van der Waals surface area contributed by atoms with E-state index in [1.807, 2.05) is 0 Å². The zero-order chi connectivity index (χ0) is 19.6. The number of hydrogen-bond acceptors (Lipinski definition) is 3. The summed E-state index contributed by atoms with van der Waals surface area (Å²) in [5, 5.41) is 0. The van der Waals surface area contributed by atoms with Gasteiger partial charge in [-0.15, -0.1) is 39.5 Å². The van der Waals surface area contributed by atoms with Crippen LogP contribution >= 0.6 is 0 Å². The van der Waals surface area contributed by atoms with Gasteiger partial charge in [-0.3, -0.25) is 0 Å². The van der Waals surface area contributed by atoms with Gasteiger partial charge in [0.2, 0.25) is 5.75 Å². The van der Waals surface area contributed by atoms with Crippen molar-refractivity contribution < 1.29 is 53.7 Å². The van der Waals surface area contributed by atoms with Gasteiger partial charge in [-0.05, 0) is 30.0 Å². The van der Waals surface area contributed by atoms with Crippen LogP contribution in [0.2, 0.25) is 0 Å². The van der Waals surface area contributed by atoms with Crippen LogP contribution in [0.1, 0.15) is 31.7 Å². The van der Waals surface area contributed by atoms with Gasteiger partial charge >= 0.3 is 19.1 Å². The van der Waals surface area contributed by atoms with Crippen molar-refractivity contribution in [2.24, 2.45) is 0 Å². The minimum atomic E-state index is -5.58. The minimum absolute atomic E-state index is 0.157. The fourth-order valence-corrected chi connectivity index (χ4v) is 1.73. The zero-order valence-electron chi connectivity index (χ0n) is 12.6. The van der Waals surface area contributed by atoms with Gasteiger partial charge < -0.3 is 14.2 Å². The van der Waals surface area contributed by atoms with Gasteiger partial charge in [-0.25, -0.2) is 0 Å². The molecule has 1 rings (SSSR count). The standard InChI is InChI=1S/C13H11F9O3/c1-3-6(2)7-4-8(23-11(14,15)16)10(25-13(20,21)22)9(5-7)24-12(17,18)19/h4-6H,3H2,1-2H3. The number of hydrogen-bond donors (Lipinski definition) is 0. The second kappa shape index (κ2) is 7.08. The molecule has 25 heavy (non-hydrogen) atoms. The summed E-state index contributed by atoms with van der Waals surface area (Å²) in [6.07, 6.45) is -16.2. The summed E-state index contributed by atoms with van der Waals surface area (Å²) in [5.74, 6) is -5.66. The molecule has 0 heterocycles.